The van der Waals surface area contributed by atoms with E-state index in [-0.39, 0.29) is 31.3 Å². The van der Waals surface area contributed by atoms with Crippen molar-refractivity contribution >= 4 is 23.0 Å². The van der Waals surface area contributed by atoms with Gasteiger partial charge in [-0.3, -0.25) is 25.0 Å². The maximum atomic E-state index is 11.7. The maximum absolute atomic E-state index is 11.7. The molecule has 3 unspecified atom stereocenters. The zero-order valence-corrected chi connectivity index (χ0v) is 11.8. The molecule has 2 aliphatic heterocycles. The monoisotopic (exact) mass is 323 g/mol. The maximum Gasteiger partial charge on any atom is 0.311 e. The molecule has 2 fully saturated rings. The number of rotatable bonds is 3. The van der Waals surface area contributed by atoms with Crippen molar-refractivity contribution in [2.45, 2.75) is 6.10 Å². The van der Waals surface area contributed by atoms with Gasteiger partial charge in [0.2, 0.25) is 0 Å². The van der Waals surface area contributed by atoms with Crippen LogP contribution in [0.25, 0.3) is 0 Å². The first-order valence-electron chi connectivity index (χ1n) is 6.91. The van der Waals surface area contributed by atoms with Crippen molar-refractivity contribution < 1.29 is 24.5 Å². The molecule has 3 atom stereocenters. The van der Waals surface area contributed by atoms with Crippen molar-refractivity contribution in [3.8, 4) is 0 Å². The van der Waals surface area contributed by atoms with E-state index in [0.717, 1.165) is 12.1 Å². The zero-order valence-electron chi connectivity index (χ0n) is 11.8. The number of benzene rings is 1. The summed E-state index contributed by atoms with van der Waals surface area (Å²) in [5.41, 5.74) is -0.690. The van der Waals surface area contributed by atoms with Gasteiger partial charge in [0.1, 0.15) is 5.69 Å². The number of ether oxygens (including phenoxy) is 1. The van der Waals surface area contributed by atoms with E-state index >= 15 is 0 Å². The number of hydrogen-bond acceptors (Lipinski definition) is 8. The summed E-state index contributed by atoms with van der Waals surface area (Å²) < 4.78 is 4.93. The summed E-state index contributed by atoms with van der Waals surface area (Å²) in [6.45, 7) is 0.399. The summed E-state index contributed by atoms with van der Waals surface area (Å²) in [5.74, 6) is -1.33. The molecule has 10 heteroatoms. The van der Waals surface area contributed by atoms with Gasteiger partial charge in [0.05, 0.1) is 34.5 Å². The van der Waals surface area contributed by atoms with Gasteiger partial charge in [0.25, 0.3) is 11.4 Å². The largest absolute Gasteiger partial charge is 0.465 e. The second-order valence-electron chi connectivity index (χ2n) is 5.56. The van der Waals surface area contributed by atoms with Gasteiger partial charge in [-0.15, -0.1) is 0 Å². The molecule has 1 aromatic carbocycles. The van der Waals surface area contributed by atoms with Gasteiger partial charge in [-0.1, -0.05) is 0 Å². The number of β-amino-alcohol motifs (C(OH)–C–C–N with tert-alkyl or cyclic N) is 1. The van der Waals surface area contributed by atoms with E-state index in [4.69, 9.17) is 4.74 Å². The molecule has 2 aliphatic rings. The third-order valence-corrected chi connectivity index (χ3v) is 4.26. The predicted octanol–water partition coefficient (Wildman–Crippen LogP) is 0.473. The number of esters is 1. The molecule has 1 N–H and O–H groups in total. The first kappa shape index (κ1) is 15.2. The SMILES string of the molecule is O=C1OCC2C(O)CN(c3ccc([N+](=O)[O-])cc3[N+](=O)[O-])CC12. The highest BCUT2D eigenvalue weighted by Crippen LogP contribution is 2.38. The van der Waals surface area contributed by atoms with Crippen LogP contribution in [0.3, 0.4) is 0 Å². The number of cyclic esters (lactones) is 1. The summed E-state index contributed by atoms with van der Waals surface area (Å²) >= 11 is 0. The van der Waals surface area contributed by atoms with Crippen LogP contribution in [0.1, 0.15) is 0 Å². The van der Waals surface area contributed by atoms with Crippen molar-refractivity contribution in [1.29, 1.82) is 0 Å². The molecule has 1 aromatic rings. The van der Waals surface area contributed by atoms with E-state index < -0.39 is 39.2 Å². The Morgan fingerprint density at radius 1 is 1.22 bits per heavy atom. The molecule has 0 amide bonds. The lowest BCUT2D eigenvalue weighted by atomic mass is 9.85. The Balaban J connectivity index is 1.96. The van der Waals surface area contributed by atoms with E-state index in [1.54, 1.807) is 0 Å². The molecule has 10 nitrogen and oxygen atoms in total. The number of nitrogens with zero attached hydrogens (tertiary/aromatic N) is 3. The summed E-state index contributed by atoms with van der Waals surface area (Å²) in [7, 11) is 0. The lowest BCUT2D eigenvalue weighted by Crippen LogP contribution is -2.50. The Bertz CT molecular complexity index is 692. The van der Waals surface area contributed by atoms with E-state index in [9.17, 15) is 30.1 Å². The number of anilines is 1. The van der Waals surface area contributed by atoms with Crippen molar-refractivity contribution in [3.05, 3.63) is 38.4 Å². The van der Waals surface area contributed by atoms with Crippen LogP contribution in [0.4, 0.5) is 17.1 Å². The van der Waals surface area contributed by atoms with Crippen molar-refractivity contribution in [2.75, 3.05) is 24.6 Å². The van der Waals surface area contributed by atoms with Crippen LogP contribution in [0.5, 0.6) is 0 Å². The van der Waals surface area contributed by atoms with Gasteiger partial charge in [-0.25, -0.2) is 0 Å². The van der Waals surface area contributed by atoms with Gasteiger partial charge in [0, 0.05) is 25.1 Å². The molecule has 0 spiro atoms. The van der Waals surface area contributed by atoms with Crippen molar-refractivity contribution in [2.24, 2.45) is 11.8 Å². The van der Waals surface area contributed by atoms with E-state index in [2.05, 4.69) is 0 Å². The van der Waals surface area contributed by atoms with Crippen molar-refractivity contribution in [1.82, 2.24) is 0 Å². The van der Waals surface area contributed by atoms with Crippen LogP contribution in [0.2, 0.25) is 0 Å². The molecule has 23 heavy (non-hydrogen) atoms. The topological polar surface area (TPSA) is 136 Å². The van der Waals surface area contributed by atoms with E-state index in [1.807, 2.05) is 0 Å². The lowest BCUT2D eigenvalue weighted by molar-refractivity contribution is -0.393. The van der Waals surface area contributed by atoms with Crippen LogP contribution in [0.15, 0.2) is 18.2 Å². The number of carbonyl (C=O) groups is 1. The Kier molecular flexibility index (Phi) is 3.60. The quantitative estimate of drug-likeness (QED) is 0.481. The first-order chi connectivity index (χ1) is 10.9. The van der Waals surface area contributed by atoms with Crippen LogP contribution in [-0.2, 0) is 9.53 Å². The van der Waals surface area contributed by atoms with Gasteiger partial charge in [0.15, 0.2) is 0 Å². The summed E-state index contributed by atoms with van der Waals surface area (Å²) in [6, 6.07) is 3.30. The summed E-state index contributed by atoms with van der Waals surface area (Å²) in [4.78, 5) is 33.8. The highest BCUT2D eigenvalue weighted by atomic mass is 16.6. The molecule has 2 saturated heterocycles. The molecule has 0 aromatic heterocycles. The molecule has 0 aliphatic carbocycles. The Hall–Kier alpha value is -2.75. The average Bonchev–Trinajstić information content (AvgIpc) is 2.88. The minimum Gasteiger partial charge on any atom is -0.465 e. The number of nitro benzene ring substituents is 2. The standard InChI is InChI=1S/C13H13N3O7/c17-12-5-14(4-8-9(12)6-23-13(8)18)10-2-1-7(15(19)20)3-11(10)16(21)22/h1-3,8-9,12,17H,4-6H2. The Morgan fingerprint density at radius 2 is 1.96 bits per heavy atom. The number of nitro groups is 2. The highest BCUT2D eigenvalue weighted by Gasteiger charge is 2.46. The molecular formula is C13H13N3O7. The summed E-state index contributed by atoms with van der Waals surface area (Å²) in [5, 5.41) is 32.1. The second kappa shape index (κ2) is 5.47. The van der Waals surface area contributed by atoms with Gasteiger partial charge in [-0.05, 0) is 6.07 Å². The van der Waals surface area contributed by atoms with Crippen LogP contribution in [-0.4, -0.2) is 46.7 Å². The number of hydrogen-bond donors (Lipinski definition) is 1. The predicted molar refractivity (Wildman–Crippen MR) is 75.9 cm³/mol. The number of aliphatic hydroxyl groups excluding tert-OH is 1. The van der Waals surface area contributed by atoms with Crippen LogP contribution < -0.4 is 4.90 Å². The number of non-ortho nitro benzene ring substituents is 1. The third-order valence-electron chi connectivity index (χ3n) is 4.26. The fraction of sp³-hybridized carbons (Fsp3) is 0.462. The number of carbonyl (C=O) groups excluding carboxylic acids is 1. The van der Waals surface area contributed by atoms with E-state index in [1.165, 1.54) is 11.0 Å². The fourth-order valence-corrected chi connectivity index (χ4v) is 3.07. The molecule has 2 heterocycles. The van der Waals surface area contributed by atoms with Crippen LogP contribution >= 0.6 is 0 Å². The third kappa shape index (κ3) is 2.57. The summed E-state index contributed by atoms with van der Waals surface area (Å²) in [6.07, 6.45) is -0.866. The highest BCUT2D eigenvalue weighted by molar-refractivity contribution is 5.77. The number of fused-ring (bicyclic) bond motifs is 1. The fourth-order valence-electron chi connectivity index (χ4n) is 3.07. The van der Waals surface area contributed by atoms with Crippen molar-refractivity contribution in [3.63, 3.8) is 0 Å². The number of piperidine rings is 1. The molecule has 122 valence electrons. The smallest absolute Gasteiger partial charge is 0.311 e. The Morgan fingerprint density at radius 3 is 2.61 bits per heavy atom. The zero-order chi connectivity index (χ0) is 16.7. The normalized spacial score (nSPS) is 26.6. The second-order valence-corrected chi connectivity index (χ2v) is 5.56. The van der Waals surface area contributed by atoms with Crippen LogP contribution in [0, 0.1) is 32.1 Å². The average molecular weight is 323 g/mol. The number of aliphatic hydroxyl groups is 1. The minimum absolute atomic E-state index is 0.0937. The molecular weight excluding hydrogens is 310 g/mol. The van der Waals surface area contributed by atoms with Gasteiger partial charge < -0.3 is 14.7 Å². The molecule has 0 saturated carbocycles. The lowest BCUT2D eigenvalue weighted by Gasteiger charge is -2.37. The molecule has 3 rings (SSSR count). The van der Waals surface area contributed by atoms with Gasteiger partial charge >= 0.3 is 5.97 Å². The van der Waals surface area contributed by atoms with Gasteiger partial charge in [-0.2, -0.15) is 0 Å². The minimum atomic E-state index is -0.866. The Labute approximate surface area is 129 Å². The molecule has 0 bridgehead atoms. The van der Waals surface area contributed by atoms with E-state index in [0.29, 0.717) is 0 Å². The molecule has 0 radical (unpaired) electrons. The first-order valence-corrected chi connectivity index (χ1v) is 6.91.